The number of hydrogen-bond acceptors (Lipinski definition) is 2. The SMILES string of the molecule is N/C(=N\[Si](c1ccccc1)c1ccccc1)N/C(N)=N/[Si](c1ccccc1)c1ccccc1. The van der Waals surface area contributed by atoms with Gasteiger partial charge < -0.3 is 11.5 Å². The molecule has 5 N–H and O–H groups in total. The summed E-state index contributed by atoms with van der Waals surface area (Å²) < 4.78 is 9.69. The molecule has 2 radical (unpaired) electrons. The third kappa shape index (κ3) is 6.06. The Morgan fingerprint density at radius 2 is 0.697 bits per heavy atom. The van der Waals surface area contributed by atoms with Gasteiger partial charge in [-0.3, -0.25) is 14.6 Å². The molecule has 0 heterocycles. The molecule has 0 bridgehead atoms. The first kappa shape index (κ1) is 22.3. The van der Waals surface area contributed by atoms with Crippen LogP contribution in [-0.4, -0.2) is 29.8 Å². The van der Waals surface area contributed by atoms with Crippen molar-refractivity contribution in [1.82, 2.24) is 5.32 Å². The number of rotatable bonds is 6. The molecule has 33 heavy (non-hydrogen) atoms. The highest BCUT2D eigenvalue weighted by Crippen LogP contribution is 1.96. The van der Waals surface area contributed by atoms with Gasteiger partial charge in [-0.1, -0.05) is 121 Å². The minimum atomic E-state index is -1.48. The zero-order chi connectivity index (χ0) is 22.9. The van der Waals surface area contributed by atoms with Crippen LogP contribution in [0.5, 0.6) is 0 Å². The molecule has 0 atom stereocenters. The minimum absolute atomic E-state index is 0.264. The molecule has 0 fully saturated rings. The first-order chi connectivity index (χ1) is 16.2. The van der Waals surface area contributed by atoms with Crippen molar-refractivity contribution >= 4 is 50.6 Å². The standard InChI is InChI=1S/C26H25N5Si2/c27-25(30-32(21-13-5-1-6-14-21)22-15-7-2-8-16-22)29-26(28)31-33(23-17-9-3-10-18-23)24-19-11-4-12-20-24/h1-20H,(H5,27,28,29,30,31). The lowest BCUT2D eigenvalue weighted by Crippen LogP contribution is -2.49. The maximum atomic E-state index is 6.32. The number of benzene rings is 4. The van der Waals surface area contributed by atoms with Gasteiger partial charge in [0.25, 0.3) is 17.9 Å². The van der Waals surface area contributed by atoms with Crippen LogP contribution in [0.4, 0.5) is 0 Å². The second-order valence-corrected chi connectivity index (χ2v) is 11.4. The molecule has 7 heteroatoms. The minimum Gasteiger partial charge on any atom is -0.370 e. The quantitative estimate of drug-likeness (QED) is 0.225. The van der Waals surface area contributed by atoms with Crippen LogP contribution in [-0.2, 0) is 0 Å². The average Bonchev–Trinajstić information content (AvgIpc) is 2.88. The summed E-state index contributed by atoms with van der Waals surface area (Å²) in [4.78, 5) is 0. The highest BCUT2D eigenvalue weighted by Gasteiger charge is 2.19. The Hall–Kier alpha value is -3.95. The van der Waals surface area contributed by atoms with Crippen molar-refractivity contribution in [2.24, 2.45) is 20.8 Å². The molecule has 4 aromatic carbocycles. The Balaban J connectivity index is 1.62. The normalized spacial score (nSPS) is 12.2. The van der Waals surface area contributed by atoms with Gasteiger partial charge in [0.15, 0.2) is 11.9 Å². The molecular weight excluding hydrogens is 438 g/mol. The van der Waals surface area contributed by atoms with Crippen LogP contribution < -0.4 is 37.5 Å². The molecule has 162 valence electrons. The first-order valence-corrected chi connectivity index (χ1v) is 13.5. The zero-order valence-electron chi connectivity index (χ0n) is 18.1. The van der Waals surface area contributed by atoms with E-state index in [0.29, 0.717) is 0 Å². The average molecular weight is 464 g/mol. The number of hydrogen-bond donors (Lipinski definition) is 3. The lowest BCUT2D eigenvalue weighted by atomic mass is 10.4. The Morgan fingerprint density at radius 1 is 0.455 bits per heavy atom. The molecule has 0 unspecified atom stereocenters. The number of nitrogens with two attached hydrogens (primary N) is 2. The molecule has 0 saturated heterocycles. The van der Waals surface area contributed by atoms with Crippen molar-refractivity contribution < 1.29 is 0 Å². The predicted octanol–water partition coefficient (Wildman–Crippen LogP) is 0.817. The van der Waals surface area contributed by atoms with E-state index < -0.39 is 17.9 Å². The molecule has 0 spiro atoms. The van der Waals surface area contributed by atoms with Crippen molar-refractivity contribution in [3.63, 3.8) is 0 Å². The van der Waals surface area contributed by atoms with Crippen LogP contribution in [0.1, 0.15) is 0 Å². The monoisotopic (exact) mass is 463 g/mol. The van der Waals surface area contributed by atoms with E-state index in [4.69, 9.17) is 20.8 Å². The molecule has 4 rings (SSSR count). The largest absolute Gasteiger partial charge is 0.370 e. The van der Waals surface area contributed by atoms with Gasteiger partial charge in [0, 0.05) is 0 Å². The summed E-state index contributed by atoms with van der Waals surface area (Å²) in [6.07, 6.45) is 0. The summed E-state index contributed by atoms with van der Waals surface area (Å²) in [7, 11) is -2.95. The lowest BCUT2D eigenvalue weighted by Gasteiger charge is -2.15. The third-order valence-electron chi connectivity index (χ3n) is 4.91. The molecular formula is C26H25N5Si2. The molecule has 0 aliphatic heterocycles. The second-order valence-electron chi connectivity index (χ2n) is 7.28. The smallest absolute Gasteiger partial charge is 0.270 e. The summed E-state index contributed by atoms with van der Waals surface area (Å²) in [6, 6.07) is 40.8. The van der Waals surface area contributed by atoms with Gasteiger partial charge in [0.05, 0.1) is 0 Å². The number of nitrogens with one attached hydrogen (secondary N) is 1. The van der Waals surface area contributed by atoms with Gasteiger partial charge in [0.2, 0.25) is 0 Å². The second kappa shape index (κ2) is 11.1. The lowest BCUT2D eigenvalue weighted by molar-refractivity contribution is 1.26. The van der Waals surface area contributed by atoms with Gasteiger partial charge >= 0.3 is 0 Å². The summed E-state index contributed by atoms with van der Waals surface area (Å²) >= 11 is 0. The summed E-state index contributed by atoms with van der Waals surface area (Å²) in [5.74, 6) is 0.528. The van der Waals surface area contributed by atoms with Crippen LogP contribution in [0.2, 0.25) is 0 Å². The van der Waals surface area contributed by atoms with E-state index in [9.17, 15) is 0 Å². The number of guanidine groups is 2. The Labute approximate surface area is 197 Å². The van der Waals surface area contributed by atoms with Crippen LogP contribution in [0, 0.1) is 0 Å². The van der Waals surface area contributed by atoms with Gasteiger partial charge in [-0.15, -0.1) is 0 Å². The van der Waals surface area contributed by atoms with E-state index >= 15 is 0 Å². The summed E-state index contributed by atoms with van der Waals surface area (Å²) in [5, 5.41) is 7.61. The van der Waals surface area contributed by atoms with Crippen LogP contribution in [0.3, 0.4) is 0 Å². The van der Waals surface area contributed by atoms with Crippen LogP contribution in [0.25, 0.3) is 0 Å². The first-order valence-electron chi connectivity index (χ1n) is 10.6. The number of nitrogens with zero attached hydrogens (tertiary/aromatic N) is 2. The van der Waals surface area contributed by atoms with E-state index in [-0.39, 0.29) is 11.9 Å². The Morgan fingerprint density at radius 3 is 0.939 bits per heavy atom. The van der Waals surface area contributed by atoms with Gasteiger partial charge in [-0.2, -0.15) is 0 Å². The Bertz CT molecular complexity index is 1020. The Kier molecular flexibility index (Phi) is 7.47. The maximum absolute atomic E-state index is 6.32. The van der Waals surface area contributed by atoms with Crippen molar-refractivity contribution in [2.45, 2.75) is 0 Å². The molecule has 4 aromatic rings. The molecule has 5 nitrogen and oxygen atoms in total. The van der Waals surface area contributed by atoms with Gasteiger partial charge in [-0.25, -0.2) is 0 Å². The fourth-order valence-electron chi connectivity index (χ4n) is 3.40. The van der Waals surface area contributed by atoms with E-state index in [1.807, 2.05) is 72.8 Å². The third-order valence-corrected chi connectivity index (χ3v) is 9.36. The van der Waals surface area contributed by atoms with E-state index in [2.05, 4.69) is 53.8 Å². The van der Waals surface area contributed by atoms with E-state index in [0.717, 1.165) is 20.7 Å². The molecule has 0 aliphatic rings. The predicted molar refractivity (Wildman–Crippen MR) is 142 cm³/mol. The van der Waals surface area contributed by atoms with Crippen molar-refractivity contribution in [3.05, 3.63) is 121 Å². The fraction of sp³-hybridized carbons (Fsp3) is 0. The highest BCUT2D eigenvalue weighted by atomic mass is 28.3. The van der Waals surface area contributed by atoms with Gasteiger partial charge in [-0.05, 0) is 20.7 Å². The zero-order valence-corrected chi connectivity index (χ0v) is 20.1. The summed E-state index contributed by atoms with van der Waals surface area (Å²) in [6.45, 7) is 0. The van der Waals surface area contributed by atoms with Crippen LogP contribution >= 0.6 is 0 Å². The molecule has 0 aliphatic carbocycles. The molecule has 0 aromatic heterocycles. The molecule has 0 saturated carbocycles. The highest BCUT2D eigenvalue weighted by molar-refractivity contribution is 6.85. The fourth-order valence-corrected chi connectivity index (χ4v) is 7.21. The topological polar surface area (TPSA) is 88.8 Å². The van der Waals surface area contributed by atoms with E-state index in [1.54, 1.807) is 0 Å². The van der Waals surface area contributed by atoms with Crippen molar-refractivity contribution in [3.8, 4) is 0 Å². The van der Waals surface area contributed by atoms with Crippen LogP contribution in [0.15, 0.2) is 131 Å². The van der Waals surface area contributed by atoms with E-state index in [1.165, 1.54) is 0 Å². The van der Waals surface area contributed by atoms with Crippen molar-refractivity contribution in [1.29, 1.82) is 0 Å². The van der Waals surface area contributed by atoms with Crippen molar-refractivity contribution in [2.75, 3.05) is 0 Å². The van der Waals surface area contributed by atoms with Gasteiger partial charge in [0.1, 0.15) is 0 Å². The summed E-state index contributed by atoms with van der Waals surface area (Å²) in [5.41, 5.74) is 12.6. The molecule has 0 amide bonds. The maximum Gasteiger partial charge on any atom is 0.270 e.